The summed E-state index contributed by atoms with van der Waals surface area (Å²) in [6.45, 7) is 3.34. The lowest BCUT2D eigenvalue weighted by atomic mass is 10.3. The molecule has 1 aromatic rings. The van der Waals surface area contributed by atoms with E-state index in [1.165, 1.54) is 0 Å². The highest BCUT2D eigenvalue weighted by Crippen LogP contribution is 2.24. The van der Waals surface area contributed by atoms with Gasteiger partial charge in [0, 0.05) is 33.0 Å². The number of halogens is 1. The first-order valence-electron chi connectivity index (χ1n) is 5.60. The van der Waals surface area contributed by atoms with Crippen molar-refractivity contribution >= 4 is 27.5 Å². The highest BCUT2D eigenvalue weighted by molar-refractivity contribution is 9.10. The molecule has 4 nitrogen and oxygen atoms in total. The Kier molecular flexibility index (Phi) is 5.41. The van der Waals surface area contributed by atoms with Crippen molar-refractivity contribution < 1.29 is 4.79 Å². The maximum absolute atomic E-state index is 11.8. The van der Waals surface area contributed by atoms with E-state index >= 15 is 0 Å². The molecule has 0 atom stereocenters. The van der Waals surface area contributed by atoms with Crippen molar-refractivity contribution in [3.8, 4) is 0 Å². The molecule has 94 valence electrons. The average Bonchev–Trinajstić information content (AvgIpc) is 2.29. The summed E-state index contributed by atoms with van der Waals surface area (Å²) in [5.74, 6) is 0.0992. The third-order valence-corrected chi connectivity index (χ3v) is 3.02. The van der Waals surface area contributed by atoms with Crippen LogP contribution in [0.3, 0.4) is 0 Å². The summed E-state index contributed by atoms with van der Waals surface area (Å²) in [6, 6.07) is 1.92. The number of carbonyl (C=O) groups excluding carboxylic acids is 1. The fraction of sp³-hybridized carbons (Fsp3) is 0.500. The van der Waals surface area contributed by atoms with E-state index in [9.17, 15) is 4.79 Å². The highest BCUT2D eigenvalue weighted by Gasteiger charge is 2.14. The highest BCUT2D eigenvalue weighted by atomic mass is 79.9. The molecule has 17 heavy (non-hydrogen) atoms. The van der Waals surface area contributed by atoms with Crippen LogP contribution in [0.2, 0.25) is 0 Å². The fourth-order valence-electron chi connectivity index (χ4n) is 1.48. The maximum Gasteiger partial charge on any atom is 0.241 e. The van der Waals surface area contributed by atoms with Crippen molar-refractivity contribution in [3.05, 3.63) is 22.9 Å². The number of rotatable bonds is 5. The second kappa shape index (κ2) is 6.59. The van der Waals surface area contributed by atoms with Crippen molar-refractivity contribution in [2.24, 2.45) is 0 Å². The molecule has 1 rings (SSSR count). The lowest BCUT2D eigenvalue weighted by Crippen LogP contribution is -2.37. The van der Waals surface area contributed by atoms with Gasteiger partial charge in [-0.05, 0) is 28.4 Å². The summed E-state index contributed by atoms with van der Waals surface area (Å²) < 4.78 is 0.917. The number of aromatic nitrogens is 1. The second-order valence-corrected chi connectivity index (χ2v) is 4.89. The van der Waals surface area contributed by atoms with E-state index in [1.54, 1.807) is 31.4 Å². The molecule has 0 fully saturated rings. The molecule has 0 saturated heterocycles. The van der Waals surface area contributed by atoms with Crippen LogP contribution in [0.25, 0.3) is 0 Å². The minimum atomic E-state index is 0.0992. The van der Waals surface area contributed by atoms with E-state index in [2.05, 4.69) is 32.7 Å². The molecule has 0 radical (unpaired) electrons. The third kappa shape index (κ3) is 4.00. The van der Waals surface area contributed by atoms with Crippen molar-refractivity contribution in [1.82, 2.24) is 9.88 Å². The number of amides is 1. The van der Waals surface area contributed by atoms with Gasteiger partial charge in [0.2, 0.25) is 5.91 Å². The summed E-state index contributed by atoms with van der Waals surface area (Å²) in [7, 11) is 3.54. The van der Waals surface area contributed by atoms with E-state index in [0.29, 0.717) is 6.54 Å². The van der Waals surface area contributed by atoms with Crippen LogP contribution < -0.4 is 4.90 Å². The van der Waals surface area contributed by atoms with Crippen molar-refractivity contribution in [2.45, 2.75) is 13.3 Å². The van der Waals surface area contributed by atoms with Gasteiger partial charge in [-0.1, -0.05) is 6.92 Å². The maximum atomic E-state index is 11.8. The van der Waals surface area contributed by atoms with Gasteiger partial charge in [0.15, 0.2) is 0 Å². The van der Waals surface area contributed by atoms with Crippen LogP contribution in [0.1, 0.15) is 13.3 Å². The van der Waals surface area contributed by atoms with Crippen molar-refractivity contribution in [2.75, 3.05) is 32.1 Å². The number of nitrogens with zero attached hydrogens (tertiary/aromatic N) is 3. The van der Waals surface area contributed by atoms with Crippen LogP contribution >= 0.6 is 15.9 Å². The third-order valence-electron chi connectivity index (χ3n) is 2.41. The van der Waals surface area contributed by atoms with Crippen molar-refractivity contribution in [1.29, 1.82) is 0 Å². The number of hydrogen-bond acceptors (Lipinski definition) is 3. The zero-order valence-electron chi connectivity index (χ0n) is 10.5. The molecule has 0 spiro atoms. The van der Waals surface area contributed by atoms with Gasteiger partial charge in [-0.2, -0.15) is 0 Å². The van der Waals surface area contributed by atoms with Gasteiger partial charge in [0.25, 0.3) is 0 Å². The molecule has 0 aliphatic rings. The predicted octanol–water partition coefficient (Wildman–Crippen LogP) is 2.15. The lowest BCUT2D eigenvalue weighted by Gasteiger charge is -2.26. The fourth-order valence-corrected chi connectivity index (χ4v) is 1.98. The topological polar surface area (TPSA) is 36.4 Å². The van der Waals surface area contributed by atoms with E-state index in [4.69, 9.17) is 0 Å². The smallest absolute Gasteiger partial charge is 0.241 e. The summed E-state index contributed by atoms with van der Waals surface area (Å²) in [4.78, 5) is 19.5. The Hall–Kier alpha value is -1.10. The normalized spacial score (nSPS) is 10.1. The Morgan fingerprint density at radius 2 is 2.18 bits per heavy atom. The van der Waals surface area contributed by atoms with E-state index in [1.807, 2.05) is 6.07 Å². The number of hydrogen-bond donors (Lipinski definition) is 0. The standard InChI is InChI=1S/C12H18BrN3O/c1-4-7-16(9-12(17)15(2)3)11-5-6-14-8-10(11)13/h5-6,8H,4,7,9H2,1-3H3. The van der Waals surface area contributed by atoms with Gasteiger partial charge in [-0.3, -0.25) is 9.78 Å². The van der Waals surface area contributed by atoms with Crippen LogP contribution in [0.4, 0.5) is 5.69 Å². The Morgan fingerprint density at radius 3 is 2.71 bits per heavy atom. The summed E-state index contributed by atoms with van der Waals surface area (Å²) in [5, 5.41) is 0. The zero-order chi connectivity index (χ0) is 12.8. The van der Waals surface area contributed by atoms with Crippen molar-refractivity contribution in [3.63, 3.8) is 0 Å². The molecule has 1 aromatic heterocycles. The van der Waals surface area contributed by atoms with E-state index in [-0.39, 0.29) is 5.91 Å². The van der Waals surface area contributed by atoms with Gasteiger partial charge >= 0.3 is 0 Å². The Morgan fingerprint density at radius 1 is 1.47 bits per heavy atom. The van der Waals surface area contributed by atoms with E-state index < -0.39 is 0 Å². The predicted molar refractivity (Wildman–Crippen MR) is 73.1 cm³/mol. The first-order chi connectivity index (χ1) is 8.06. The largest absolute Gasteiger partial charge is 0.361 e. The molecular weight excluding hydrogens is 282 g/mol. The summed E-state index contributed by atoms with van der Waals surface area (Å²) in [5.41, 5.74) is 1.01. The number of likely N-dealkylation sites (N-methyl/N-ethyl adjacent to an activating group) is 1. The van der Waals surface area contributed by atoms with Crippen LogP contribution in [0.15, 0.2) is 22.9 Å². The molecular formula is C12H18BrN3O. The SMILES string of the molecule is CCCN(CC(=O)N(C)C)c1ccncc1Br. The molecule has 1 amide bonds. The molecule has 0 saturated carbocycles. The second-order valence-electron chi connectivity index (χ2n) is 4.04. The van der Waals surface area contributed by atoms with Gasteiger partial charge in [0.1, 0.15) is 0 Å². The number of anilines is 1. The van der Waals surface area contributed by atoms with Gasteiger partial charge in [-0.15, -0.1) is 0 Å². The van der Waals surface area contributed by atoms with Gasteiger partial charge < -0.3 is 9.80 Å². The Labute approximate surface area is 111 Å². The minimum absolute atomic E-state index is 0.0992. The molecule has 1 heterocycles. The first kappa shape index (κ1) is 14.0. The average molecular weight is 300 g/mol. The first-order valence-corrected chi connectivity index (χ1v) is 6.40. The van der Waals surface area contributed by atoms with E-state index in [0.717, 1.165) is 23.1 Å². The Balaban J connectivity index is 2.86. The molecule has 0 bridgehead atoms. The Bertz CT molecular complexity index is 382. The van der Waals surface area contributed by atoms with Gasteiger partial charge in [0.05, 0.1) is 16.7 Å². The van der Waals surface area contributed by atoms with Crippen LogP contribution in [-0.4, -0.2) is 43.0 Å². The lowest BCUT2D eigenvalue weighted by molar-refractivity contribution is -0.127. The quantitative estimate of drug-likeness (QED) is 0.836. The molecule has 5 heteroatoms. The van der Waals surface area contributed by atoms with Crippen LogP contribution in [-0.2, 0) is 4.79 Å². The van der Waals surface area contributed by atoms with Crippen LogP contribution in [0.5, 0.6) is 0 Å². The van der Waals surface area contributed by atoms with Crippen LogP contribution in [0, 0.1) is 0 Å². The number of pyridine rings is 1. The molecule has 0 unspecified atom stereocenters. The minimum Gasteiger partial charge on any atom is -0.361 e. The summed E-state index contributed by atoms with van der Waals surface area (Å²) in [6.07, 6.45) is 4.48. The molecule has 0 N–H and O–H groups in total. The van der Waals surface area contributed by atoms with Gasteiger partial charge in [-0.25, -0.2) is 0 Å². The summed E-state index contributed by atoms with van der Waals surface area (Å²) >= 11 is 3.46. The molecule has 0 aliphatic heterocycles. The monoisotopic (exact) mass is 299 g/mol. The molecule has 0 aliphatic carbocycles. The zero-order valence-corrected chi connectivity index (χ0v) is 12.1. The molecule has 0 aromatic carbocycles. The number of carbonyl (C=O) groups is 1.